The highest BCUT2D eigenvalue weighted by molar-refractivity contribution is 4.73. The average molecular weight is 87.1 g/mol. The highest BCUT2D eigenvalue weighted by Gasteiger charge is 1.84. The summed E-state index contributed by atoms with van der Waals surface area (Å²) in [5.74, 6) is 4.71. The summed E-state index contributed by atoms with van der Waals surface area (Å²) in [5.41, 5.74) is 0. The zero-order valence-electron chi connectivity index (χ0n) is 3.85. The van der Waals surface area contributed by atoms with Crippen LogP contribution in [-0.2, 0) is 4.84 Å². The molecule has 0 amide bonds. The minimum atomic E-state index is -0.0231. The zero-order valence-corrected chi connectivity index (χ0v) is 3.85. The van der Waals surface area contributed by atoms with Gasteiger partial charge in [0.15, 0.2) is 0 Å². The Kier molecular flexibility index (Phi) is 2.71. The van der Waals surface area contributed by atoms with E-state index in [2.05, 4.69) is 11.4 Å². The summed E-state index contributed by atoms with van der Waals surface area (Å²) in [7, 11) is 0. The van der Waals surface area contributed by atoms with Crippen molar-refractivity contribution in [3.05, 3.63) is 12.7 Å². The quantitative estimate of drug-likeness (QED) is 0.392. The van der Waals surface area contributed by atoms with E-state index in [1.807, 2.05) is 6.92 Å². The molecule has 0 bridgehead atoms. The van der Waals surface area contributed by atoms with Gasteiger partial charge in [0, 0.05) is 0 Å². The molecule has 0 aromatic rings. The lowest BCUT2D eigenvalue weighted by atomic mass is 10.4. The van der Waals surface area contributed by atoms with E-state index in [1.54, 1.807) is 6.08 Å². The van der Waals surface area contributed by atoms with E-state index in [1.165, 1.54) is 0 Å². The van der Waals surface area contributed by atoms with Gasteiger partial charge in [-0.15, -0.1) is 6.58 Å². The molecule has 0 aromatic carbocycles. The van der Waals surface area contributed by atoms with Crippen LogP contribution in [0.5, 0.6) is 0 Å². The molecule has 1 unspecified atom stereocenters. The molecule has 0 heterocycles. The van der Waals surface area contributed by atoms with E-state index in [-0.39, 0.29) is 6.10 Å². The van der Waals surface area contributed by atoms with E-state index < -0.39 is 0 Å². The van der Waals surface area contributed by atoms with Gasteiger partial charge in [0.1, 0.15) is 0 Å². The summed E-state index contributed by atoms with van der Waals surface area (Å²) in [5, 5.41) is 0. The van der Waals surface area contributed by atoms with Crippen LogP contribution in [0, 0.1) is 0 Å². The lowest BCUT2D eigenvalue weighted by molar-refractivity contribution is 0.0997. The summed E-state index contributed by atoms with van der Waals surface area (Å²) in [6.45, 7) is 5.24. The Hall–Kier alpha value is -0.340. The third-order valence-electron chi connectivity index (χ3n) is 0.547. The number of hydrogen-bond donors (Lipinski definition) is 1. The number of hydrogen-bond acceptors (Lipinski definition) is 2. The molecule has 2 N–H and O–H groups in total. The summed E-state index contributed by atoms with van der Waals surface area (Å²) < 4.78 is 0. The summed E-state index contributed by atoms with van der Waals surface area (Å²) >= 11 is 0. The molecule has 0 aliphatic heterocycles. The van der Waals surface area contributed by atoms with Crippen LogP contribution in [0.15, 0.2) is 12.7 Å². The summed E-state index contributed by atoms with van der Waals surface area (Å²) in [4.78, 5) is 4.28. The fourth-order valence-electron chi connectivity index (χ4n) is 0.0556. The van der Waals surface area contributed by atoms with Gasteiger partial charge >= 0.3 is 0 Å². The van der Waals surface area contributed by atoms with Crippen molar-refractivity contribution >= 4 is 0 Å². The molecule has 0 saturated carbocycles. The van der Waals surface area contributed by atoms with Gasteiger partial charge in [0.05, 0.1) is 6.10 Å². The second kappa shape index (κ2) is 2.87. The van der Waals surface area contributed by atoms with Crippen LogP contribution in [0.4, 0.5) is 0 Å². The Bertz CT molecular complexity index is 44.8. The van der Waals surface area contributed by atoms with Crippen molar-refractivity contribution in [2.75, 3.05) is 0 Å². The Morgan fingerprint density at radius 3 is 2.50 bits per heavy atom. The van der Waals surface area contributed by atoms with Crippen LogP contribution in [0.1, 0.15) is 6.92 Å². The molecule has 2 heteroatoms. The SMILES string of the molecule is C=CC(C)ON. The van der Waals surface area contributed by atoms with Crippen molar-refractivity contribution in [1.82, 2.24) is 0 Å². The van der Waals surface area contributed by atoms with Gasteiger partial charge in [-0.05, 0) is 6.92 Å². The van der Waals surface area contributed by atoms with Gasteiger partial charge in [0.2, 0.25) is 0 Å². The van der Waals surface area contributed by atoms with Crippen LogP contribution < -0.4 is 5.90 Å². The maximum absolute atomic E-state index is 4.71. The predicted molar refractivity (Wildman–Crippen MR) is 24.9 cm³/mol. The standard InChI is InChI=1S/C4H9NO/c1-3-4(2)6-5/h3-4H,1,5H2,2H3. The molecule has 2 nitrogen and oxygen atoms in total. The van der Waals surface area contributed by atoms with Crippen LogP contribution in [-0.4, -0.2) is 6.10 Å². The van der Waals surface area contributed by atoms with Crippen molar-refractivity contribution in [3.63, 3.8) is 0 Å². The van der Waals surface area contributed by atoms with E-state index in [4.69, 9.17) is 5.90 Å². The van der Waals surface area contributed by atoms with Crippen molar-refractivity contribution < 1.29 is 4.84 Å². The van der Waals surface area contributed by atoms with Crippen LogP contribution in [0.2, 0.25) is 0 Å². The first-order valence-corrected chi connectivity index (χ1v) is 1.79. The molecule has 0 aliphatic carbocycles. The molecule has 1 atom stereocenters. The Morgan fingerprint density at radius 1 is 2.00 bits per heavy atom. The lowest BCUT2D eigenvalue weighted by Crippen LogP contribution is -2.08. The maximum Gasteiger partial charge on any atom is 0.0937 e. The Balaban J connectivity index is 2.96. The fourth-order valence-corrected chi connectivity index (χ4v) is 0.0556. The van der Waals surface area contributed by atoms with Crippen molar-refractivity contribution in [2.24, 2.45) is 5.90 Å². The van der Waals surface area contributed by atoms with E-state index >= 15 is 0 Å². The van der Waals surface area contributed by atoms with Crippen molar-refractivity contribution in [3.8, 4) is 0 Å². The topological polar surface area (TPSA) is 35.2 Å². The minimum absolute atomic E-state index is 0.0231. The maximum atomic E-state index is 4.71. The third-order valence-corrected chi connectivity index (χ3v) is 0.547. The van der Waals surface area contributed by atoms with Gasteiger partial charge in [-0.1, -0.05) is 6.08 Å². The van der Waals surface area contributed by atoms with Gasteiger partial charge in [-0.25, -0.2) is 5.90 Å². The van der Waals surface area contributed by atoms with Crippen LogP contribution in [0.3, 0.4) is 0 Å². The van der Waals surface area contributed by atoms with Crippen molar-refractivity contribution in [1.29, 1.82) is 0 Å². The summed E-state index contributed by atoms with van der Waals surface area (Å²) in [6, 6.07) is 0. The minimum Gasteiger partial charge on any atom is -0.297 e. The fraction of sp³-hybridized carbons (Fsp3) is 0.500. The van der Waals surface area contributed by atoms with Gasteiger partial charge in [0.25, 0.3) is 0 Å². The smallest absolute Gasteiger partial charge is 0.0937 e. The van der Waals surface area contributed by atoms with Gasteiger partial charge in [-0.2, -0.15) is 0 Å². The zero-order chi connectivity index (χ0) is 4.99. The monoisotopic (exact) mass is 87.1 g/mol. The Morgan fingerprint density at radius 2 is 2.50 bits per heavy atom. The first-order valence-electron chi connectivity index (χ1n) is 1.79. The molecule has 36 valence electrons. The first-order chi connectivity index (χ1) is 2.81. The Labute approximate surface area is 37.6 Å². The summed E-state index contributed by atoms with van der Waals surface area (Å²) in [6.07, 6.45) is 1.60. The molecule has 0 spiro atoms. The molecule has 0 saturated heterocycles. The predicted octanol–water partition coefficient (Wildman–Crippen LogP) is 0.451. The average Bonchev–Trinajstić information content (AvgIpc) is 1.65. The van der Waals surface area contributed by atoms with Gasteiger partial charge in [-0.3, -0.25) is 4.84 Å². The molecule has 0 radical (unpaired) electrons. The molecule has 0 aromatic heterocycles. The van der Waals surface area contributed by atoms with Crippen LogP contribution >= 0.6 is 0 Å². The van der Waals surface area contributed by atoms with E-state index in [0.717, 1.165) is 0 Å². The molecule has 6 heavy (non-hydrogen) atoms. The molecular weight excluding hydrogens is 78.0 g/mol. The lowest BCUT2D eigenvalue weighted by Gasteiger charge is -1.96. The normalized spacial score (nSPS) is 13.7. The second-order valence-corrected chi connectivity index (χ2v) is 1.08. The molecular formula is C4H9NO. The molecule has 0 fully saturated rings. The first kappa shape index (κ1) is 5.66. The number of nitrogens with two attached hydrogens (primary N) is 1. The highest BCUT2D eigenvalue weighted by atomic mass is 16.6. The van der Waals surface area contributed by atoms with E-state index in [9.17, 15) is 0 Å². The largest absolute Gasteiger partial charge is 0.297 e. The number of rotatable bonds is 2. The van der Waals surface area contributed by atoms with Gasteiger partial charge < -0.3 is 0 Å². The van der Waals surface area contributed by atoms with Crippen molar-refractivity contribution in [2.45, 2.75) is 13.0 Å². The molecule has 0 aliphatic rings. The van der Waals surface area contributed by atoms with E-state index in [0.29, 0.717) is 0 Å². The third kappa shape index (κ3) is 1.93. The second-order valence-electron chi connectivity index (χ2n) is 1.08. The molecule has 0 rings (SSSR count). The van der Waals surface area contributed by atoms with Crippen LogP contribution in [0.25, 0.3) is 0 Å². The highest BCUT2D eigenvalue weighted by Crippen LogP contribution is 1.80.